The Morgan fingerprint density at radius 2 is 1.83 bits per heavy atom. The number of halogens is 2. The van der Waals surface area contributed by atoms with Crippen LogP contribution >= 0.6 is 27.5 Å². The molecule has 0 saturated carbocycles. The van der Waals surface area contributed by atoms with Crippen molar-refractivity contribution < 1.29 is 9.84 Å². The van der Waals surface area contributed by atoms with Gasteiger partial charge in [0.15, 0.2) is 0 Å². The summed E-state index contributed by atoms with van der Waals surface area (Å²) in [4.78, 5) is 7.00. The Hall–Kier alpha value is -1.66. The van der Waals surface area contributed by atoms with Gasteiger partial charge in [0.1, 0.15) is 0 Å². The molecule has 152 valence electrons. The molecule has 1 fully saturated rings. The maximum absolute atomic E-state index is 11.8. The topological polar surface area (TPSA) is 45.6 Å². The Morgan fingerprint density at radius 1 is 1.14 bits per heavy atom. The van der Waals surface area contributed by atoms with Gasteiger partial charge in [-0.05, 0) is 61.9 Å². The van der Waals surface area contributed by atoms with E-state index in [4.69, 9.17) is 21.3 Å². The number of fused-ring (bicyclic) bond motifs is 1. The summed E-state index contributed by atoms with van der Waals surface area (Å²) in [5.74, 6) is 0.284. The summed E-state index contributed by atoms with van der Waals surface area (Å²) in [6.45, 7) is 1.69. The molecule has 1 unspecified atom stereocenters. The minimum absolute atomic E-state index is 0.265. The van der Waals surface area contributed by atoms with Gasteiger partial charge >= 0.3 is 0 Å². The van der Waals surface area contributed by atoms with Gasteiger partial charge in [0.05, 0.1) is 18.2 Å². The molecule has 29 heavy (non-hydrogen) atoms. The Labute approximate surface area is 184 Å². The first kappa shape index (κ1) is 20.6. The van der Waals surface area contributed by atoms with Crippen LogP contribution in [0.25, 0.3) is 10.9 Å². The molecule has 1 atom stereocenters. The van der Waals surface area contributed by atoms with E-state index in [9.17, 15) is 5.11 Å². The summed E-state index contributed by atoms with van der Waals surface area (Å²) >= 11 is 9.69. The van der Waals surface area contributed by atoms with Crippen molar-refractivity contribution in [2.75, 3.05) is 27.2 Å². The number of aromatic nitrogens is 1. The quantitative estimate of drug-likeness (QED) is 0.560. The molecule has 4 rings (SSSR count). The van der Waals surface area contributed by atoms with E-state index in [1.54, 1.807) is 7.11 Å². The molecule has 3 aromatic rings. The predicted octanol–water partition coefficient (Wildman–Crippen LogP) is 5.25. The van der Waals surface area contributed by atoms with Crippen molar-refractivity contribution >= 4 is 38.4 Å². The summed E-state index contributed by atoms with van der Waals surface area (Å²) in [6, 6.07) is 15.8. The van der Waals surface area contributed by atoms with Crippen LogP contribution in [0, 0.1) is 0 Å². The number of piperidine rings is 1. The number of likely N-dealkylation sites (tertiary alicyclic amines) is 1. The fraction of sp³-hybridized carbons (Fsp3) is 0.348. The Morgan fingerprint density at radius 3 is 2.48 bits per heavy atom. The van der Waals surface area contributed by atoms with E-state index in [0.29, 0.717) is 23.7 Å². The molecule has 1 aromatic heterocycles. The van der Waals surface area contributed by atoms with Crippen molar-refractivity contribution in [3.05, 3.63) is 69.2 Å². The van der Waals surface area contributed by atoms with Crippen LogP contribution in [0.5, 0.6) is 5.88 Å². The Balaban J connectivity index is 1.91. The SMILES string of the molecule is COc1nc2ccc(Br)cc2cc1C(c1ccc(Cl)cc1)C1(O)CCN(C)CC1. The van der Waals surface area contributed by atoms with Crippen LogP contribution in [-0.2, 0) is 0 Å². The first-order valence-electron chi connectivity index (χ1n) is 9.70. The van der Waals surface area contributed by atoms with Crippen LogP contribution in [0.15, 0.2) is 53.0 Å². The molecular formula is C23H24BrClN2O2. The number of hydrogen-bond acceptors (Lipinski definition) is 4. The maximum Gasteiger partial charge on any atom is 0.217 e. The Kier molecular flexibility index (Phi) is 5.85. The second-order valence-electron chi connectivity index (χ2n) is 7.82. The number of hydrogen-bond donors (Lipinski definition) is 1. The molecule has 1 aliphatic rings. The summed E-state index contributed by atoms with van der Waals surface area (Å²) < 4.78 is 6.69. The average Bonchev–Trinajstić information content (AvgIpc) is 2.71. The fourth-order valence-electron chi connectivity index (χ4n) is 4.25. The highest BCUT2D eigenvalue weighted by Crippen LogP contribution is 2.45. The van der Waals surface area contributed by atoms with Crippen molar-refractivity contribution in [2.24, 2.45) is 0 Å². The third-order valence-electron chi connectivity index (χ3n) is 5.87. The van der Waals surface area contributed by atoms with Crippen LogP contribution in [0.3, 0.4) is 0 Å². The zero-order valence-corrected chi connectivity index (χ0v) is 18.9. The number of aliphatic hydroxyl groups is 1. The summed E-state index contributed by atoms with van der Waals surface area (Å²) in [6.07, 6.45) is 1.35. The van der Waals surface area contributed by atoms with Crippen LogP contribution < -0.4 is 4.74 Å². The van der Waals surface area contributed by atoms with Crippen molar-refractivity contribution in [1.29, 1.82) is 0 Å². The van der Waals surface area contributed by atoms with E-state index in [1.165, 1.54) is 0 Å². The lowest BCUT2D eigenvalue weighted by Crippen LogP contribution is -2.47. The second-order valence-corrected chi connectivity index (χ2v) is 9.17. The number of rotatable bonds is 4. The van der Waals surface area contributed by atoms with E-state index >= 15 is 0 Å². The number of methoxy groups -OCH3 is 1. The molecule has 6 heteroatoms. The van der Waals surface area contributed by atoms with Crippen LogP contribution in [0.2, 0.25) is 5.02 Å². The maximum atomic E-state index is 11.8. The highest BCUT2D eigenvalue weighted by molar-refractivity contribution is 9.10. The second kappa shape index (κ2) is 8.23. The lowest BCUT2D eigenvalue weighted by atomic mass is 9.72. The van der Waals surface area contributed by atoms with Gasteiger partial charge in [-0.1, -0.05) is 39.7 Å². The van der Waals surface area contributed by atoms with Crippen molar-refractivity contribution in [3.63, 3.8) is 0 Å². The molecular weight excluding hydrogens is 452 g/mol. The molecule has 2 heterocycles. The summed E-state index contributed by atoms with van der Waals surface area (Å²) in [5, 5.41) is 13.5. The number of ether oxygens (including phenoxy) is 1. The lowest BCUT2D eigenvalue weighted by Gasteiger charge is -2.42. The van der Waals surface area contributed by atoms with E-state index in [2.05, 4.69) is 33.9 Å². The normalized spacial score (nSPS) is 18.0. The first-order valence-corrected chi connectivity index (χ1v) is 10.9. The molecule has 1 N–H and O–H groups in total. The number of benzene rings is 2. The number of pyridine rings is 1. The van der Waals surface area contributed by atoms with Gasteiger partial charge < -0.3 is 14.7 Å². The van der Waals surface area contributed by atoms with E-state index < -0.39 is 5.60 Å². The lowest BCUT2D eigenvalue weighted by molar-refractivity contribution is -0.0293. The van der Waals surface area contributed by atoms with Gasteiger partial charge in [-0.25, -0.2) is 4.98 Å². The summed E-state index contributed by atoms with van der Waals surface area (Å²) in [7, 11) is 3.72. The third-order valence-corrected chi connectivity index (χ3v) is 6.61. The minimum atomic E-state index is -0.894. The number of nitrogens with zero attached hydrogens (tertiary/aromatic N) is 2. The molecule has 0 spiro atoms. The largest absolute Gasteiger partial charge is 0.481 e. The van der Waals surface area contributed by atoms with Crippen molar-refractivity contribution in [2.45, 2.75) is 24.4 Å². The molecule has 1 saturated heterocycles. The van der Waals surface area contributed by atoms with Gasteiger partial charge in [-0.3, -0.25) is 0 Å². The molecule has 2 aromatic carbocycles. The highest BCUT2D eigenvalue weighted by Gasteiger charge is 2.42. The molecule has 0 aliphatic carbocycles. The van der Waals surface area contributed by atoms with Gasteiger partial charge in [-0.2, -0.15) is 0 Å². The smallest absolute Gasteiger partial charge is 0.217 e. The first-order chi connectivity index (χ1) is 13.9. The van der Waals surface area contributed by atoms with Gasteiger partial charge in [0.25, 0.3) is 0 Å². The highest BCUT2D eigenvalue weighted by atomic mass is 79.9. The van der Waals surface area contributed by atoms with Crippen molar-refractivity contribution in [3.8, 4) is 5.88 Å². The van der Waals surface area contributed by atoms with E-state index in [-0.39, 0.29) is 5.92 Å². The van der Waals surface area contributed by atoms with Crippen LogP contribution in [0.4, 0.5) is 0 Å². The van der Waals surface area contributed by atoms with E-state index in [0.717, 1.165) is 39.6 Å². The minimum Gasteiger partial charge on any atom is -0.481 e. The van der Waals surface area contributed by atoms with Crippen LogP contribution in [0.1, 0.15) is 29.9 Å². The fourth-order valence-corrected chi connectivity index (χ4v) is 4.75. The van der Waals surface area contributed by atoms with Gasteiger partial charge in [0, 0.05) is 39.5 Å². The Bertz CT molecular complexity index is 1020. The molecule has 4 nitrogen and oxygen atoms in total. The summed E-state index contributed by atoms with van der Waals surface area (Å²) in [5.41, 5.74) is 1.87. The van der Waals surface area contributed by atoms with Crippen LogP contribution in [-0.4, -0.2) is 47.8 Å². The third kappa shape index (κ3) is 4.15. The monoisotopic (exact) mass is 474 g/mol. The van der Waals surface area contributed by atoms with E-state index in [1.807, 2.05) is 42.5 Å². The zero-order chi connectivity index (χ0) is 20.6. The van der Waals surface area contributed by atoms with Gasteiger partial charge in [0.2, 0.25) is 5.88 Å². The standard InChI is InChI=1S/C23H24BrClN2O2/c1-27-11-9-23(28,10-12-27)21(15-3-6-18(25)7-4-15)19-14-16-13-17(24)5-8-20(16)26-22(19)29-2/h3-8,13-14,21,28H,9-12H2,1-2H3. The van der Waals surface area contributed by atoms with Gasteiger partial charge in [-0.15, -0.1) is 0 Å². The zero-order valence-electron chi connectivity index (χ0n) is 16.5. The molecule has 0 amide bonds. The molecule has 0 bridgehead atoms. The average molecular weight is 476 g/mol. The molecule has 0 radical (unpaired) electrons. The predicted molar refractivity (Wildman–Crippen MR) is 121 cm³/mol. The van der Waals surface area contributed by atoms with Crippen molar-refractivity contribution in [1.82, 2.24) is 9.88 Å². The molecule has 1 aliphatic heterocycles.